The van der Waals surface area contributed by atoms with E-state index in [1.807, 2.05) is 24.3 Å². The number of carbonyl (C=O) groups is 1. The number of rotatable bonds is 10. The summed E-state index contributed by atoms with van der Waals surface area (Å²) < 4.78 is 24.3. The number of ether oxygens (including phenoxy) is 2. The van der Waals surface area contributed by atoms with Gasteiger partial charge in [0, 0.05) is 31.3 Å². The predicted octanol–water partition coefficient (Wildman–Crippen LogP) is 2.61. The molecule has 0 aliphatic carbocycles. The van der Waals surface area contributed by atoms with Crippen molar-refractivity contribution in [3.8, 4) is 5.75 Å². The molecule has 30 heavy (non-hydrogen) atoms. The minimum atomic E-state index is -1.20. The van der Waals surface area contributed by atoms with Crippen molar-refractivity contribution in [1.29, 1.82) is 0 Å². The Morgan fingerprint density at radius 2 is 2.03 bits per heavy atom. The molecule has 0 bridgehead atoms. The van der Waals surface area contributed by atoms with Crippen LogP contribution in [0.1, 0.15) is 25.8 Å². The summed E-state index contributed by atoms with van der Waals surface area (Å²) in [5, 5.41) is 14.6. The Hall–Kier alpha value is -2.80. The monoisotopic (exact) mass is 415 g/mol. The van der Waals surface area contributed by atoms with Crippen molar-refractivity contribution in [2.45, 2.75) is 38.9 Å². The highest BCUT2D eigenvalue weighted by Gasteiger charge is 2.18. The van der Waals surface area contributed by atoms with E-state index >= 15 is 0 Å². The largest absolute Gasteiger partial charge is 0.547 e. The smallest absolute Gasteiger partial charge is 0.145 e. The molecule has 6 nitrogen and oxygen atoms in total. The minimum Gasteiger partial charge on any atom is -0.547 e. The van der Waals surface area contributed by atoms with Crippen LogP contribution in [0.5, 0.6) is 5.75 Å². The maximum Gasteiger partial charge on any atom is 0.145 e. The van der Waals surface area contributed by atoms with E-state index in [1.165, 1.54) is 12.1 Å². The van der Waals surface area contributed by atoms with Gasteiger partial charge in [-0.25, -0.2) is 4.39 Å². The van der Waals surface area contributed by atoms with Crippen molar-refractivity contribution in [2.24, 2.45) is 0 Å². The maximum absolute atomic E-state index is 13.4. The number of halogens is 1. The van der Waals surface area contributed by atoms with E-state index in [1.54, 1.807) is 19.9 Å². The molecule has 2 aromatic carbocycles. The second-order valence-electron chi connectivity index (χ2n) is 7.62. The summed E-state index contributed by atoms with van der Waals surface area (Å²) >= 11 is 0. The third kappa shape index (κ3) is 6.10. The molecule has 1 atom stereocenters. The van der Waals surface area contributed by atoms with Crippen LogP contribution < -0.4 is 20.1 Å². The van der Waals surface area contributed by atoms with Gasteiger partial charge in [-0.15, -0.1) is 0 Å². The molecule has 0 saturated carbocycles. The number of fused-ring (bicyclic) bond motifs is 1. The fourth-order valence-electron chi connectivity index (χ4n) is 3.47. The van der Waals surface area contributed by atoms with Crippen LogP contribution in [0.3, 0.4) is 0 Å². The molecule has 0 radical (unpaired) electrons. The zero-order valence-corrected chi connectivity index (χ0v) is 17.4. The standard InChI is InChI=1S/C23H29FN2O4/c1-16(2)30-22(23(27)28)14-17-4-7-19(8-5-17)25-10-3-11-26-12-13-29-21-15-18(24)6-9-20(21)26/h4-9,15-16,22,25H,3,10-14H2,1-2H3,(H,27,28)/p-1. The summed E-state index contributed by atoms with van der Waals surface area (Å²) in [5.41, 5.74) is 2.78. The number of nitrogens with one attached hydrogen (secondary N) is 1. The maximum atomic E-state index is 13.4. The van der Waals surface area contributed by atoms with Crippen LogP contribution in [0, 0.1) is 5.82 Å². The van der Waals surface area contributed by atoms with Crippen molar-refractivity contribution < 1.29 is 23.8 Å². The fraction of sp³-hybridized carbons (Fsp3) is 0.435. The van der Waals surface area contributed by atoms with E-state index < -0.39 is 12.1 Å². The lowest BCUT2D eigenvalue weighted by Gasteiger charge is -2.31. The summed E-state index contributed by atoms with van der Waals surface area (Å²) in [6.45, 7) is 6.57. The van der Waals surface area contributed by atoms with Gasteiger partial charge in [0.05, 0.1) is 24.3 Å². The highest BCUT2D eigenvalue weighted by molar-refractivity contribution is 5.70. The van der Waals surface area contributed by atoms with Crippen LogP contribution in [-0.2, 0) is 16.0 Å². The van der Waals surface area contributed by atoms with Gasteiger partial charge in [-0.1, -0.05) is 12.1 Å². The molecule has 1 N–H and O–H groups in total. The average Bonchev–Trinajstić information content (AvgIpc) is 2.71. The molecular weight excluding hydrogens is 387 g/mol. The van der Waals surface area contributed by atoms with Crippen LogP contribution in [-0.4, -0.2) is 44.4 Å². The highest BCUT2D eigenvalue weighted by Crippen LogP contribution is 2.32. The summed E-state index contributed by atoms with van der Waals surface area (Å²) in [6.07, 6.45) is 0.0609. The number of hydrogen-bond acceptors (Lipinski definition) is 6. The first-order chi connectivity index (χ1) is 14.4. The molecule has 162 valence electrons. The SMILES string of the molecule is CC(C)OC(Cc1ccc(NCCCN2CCOc3cc(F)ccc32)cc1)C(=O)[O-]. The number of carboxylic acids is 1. The van der Waals surface area contributed by atoms with Crippen LogP contribution in [0.4, 0.5) is 15.8 Å². The molecule has 3 rings (SSSR count). The first-order valence-electron chi connectivity index (χ1n) is 10.3. The third-order valence-corrected chi connectivity index (χ3v) is 4.89. The van der Waals surface area contributed by atoms with E-state index in [-0.39, 0.29) is 18.3 Å². The number of carbonyl (C=O) groups excluding carboxylic acids is 1. The Balaban J connectivity index is 1.45. The lowest BCUT2D eigenvalue weighted by molar-refractivity contribution is -0.318. The number of benzene rings is 2. The summed E-state index contributed by atoms with van der Waals surface area (Å²) in [6, 6.07) is 12.3. The molecule has 0 saturated heterocycles. The van der Waals surface area contributed by atoms with Crippen molar-refractivity contribution in [2.75, 3.05) is 36.5 Å². The molecule has 1 aliphatic rings. The summed E-state index contributed by atoms with van der Waals surface area (Å²) in [5.74, 6) is -0.887. The average molecular weight is 415 g/mol. The van der Waals surface area contributed by atoms with Gasteiger partial charge >= 0.3 is 0 Å². The van der Waals surface area contributed by atoms with Gasteiger partial charge in [-0.3, -0.25) is 0 Å². The van der Waals surface area contributed by atoms with Gasteiger partial charge in [-0.2, -0.15) is 0 Å². The van der Waals surface area contributed by atoms with Crippen LogP contribution in [0.2, 0.25) is 0 Å². The molecule has 1 heterocycles. The van der Waals surface area contributed by atoms with Crippen LogP contribution in [0.15, 0.2) is 42.5 Å². The Morgan fingerprint density at radius 3 is 2.73 bits per heavy atom. The zero-order chi connectivity index (χ0) is 21.5. The minimum absolute atomic E-state index is 0.175. The van der Waals surface area contributed by atoms with Gasteiger partial charge in [0.15, 0.2) is 0 Å². The van der Waals surface area contributed by atoms with Gasteiger partial charge < -0.3 is 29.6 Å². The molecular formula is C23H28FN2O4-. The quantitative estimate of drug-likeness (QED) is 0.602. The highest BCUT2D eigenvalue weighted by atomic mass is 19.1. The van der Waals surface area contributed by atoms with Crippen LogP contribution in [0.25, 0.3) is 0 Å². The lowest BCUT2D eigenvalue weighted by Crippen LogP contribution is -2.40. The van der Waals surface area contributed by atoms with Crippen molar-refractivity contribution in [1.82, 2.24) is 0 Å². The van der Waals surface area contributed by atoms with Crippen molar-refractivity contribution >= 4 is 17.3 Å². The molecule has 0 aromatic heterocycles. The van der Waals surface area contributed by atoms with Crippen LogP contribution >= 0.6 is 0 Å². The van der Waals surface area contributed by atoms with Gasteiger partial charge in [0.2, 0.25) is 0 Å². The number of aliphatic carboxylic acids is 1. The lowest BCUT2D eigenvalue weighted by atomic mass is 10.1. The Morgan fingerprint density at radius 1 is 1.27 bits per heavy atom. The molecule has 2 aromatic rings. The molecule has 1 aliphatic heterocycles. The Labute approximate surface area is 176 Å². The first kappa shape index (κ1) is 21.9. The van der Waals surface area contributed by atoms with Crippen molar-refractivity contribution in [3.63, 3.8) is 0 Å². The van der Waals surface area contributed by atoms with Gasteiger partial charge in [0.1, 0.15) is 24.3 Å². The normalized spacial score (nSPS) is 14.2. The molecule has 0 fully saturated rings. The second kappa shape index (κ2) is 10.3. The van der Waals surface area contributed by atoms with Crippen molar-refractivity contribution in [3.05, 3.63) is 53.8 Å². The topological polar surface area (TPSA) is 73.9 Å². The van der Waals surface area contributed by atoms with E-state index in [0.29, 0.717) is 12.4 Å². The predicted molar refractivity (Wildman–Crippen MR) is 112 cm³/mol. The van der Waals surface area contributed by atoms with E-state index in [4.69, 9.17) is 9.47 Å². The number of anilines is 2. The third-order valence-electron chi connectivity index (χ3n) is 4.89. The Bertz CT molecular complexity index is 842. The molecule has 0 spiro atoms. The summed E-state index contributed by atoms with van der Waals surface area (Å²) in [4.78, 5) is 13.4. The molecule has 0 amide bonds. The summed E-state index contributed by atoms with van der Waals surface area (Å²) in [7, 11) is 0. The fourth-order valence-corrected chi connectivity index (χ4v) is 3.47. The van der Waals surface area contributed by atoms with E-state index in [9.17, 15) is 14.3 Å². The second-order valence-corrected chi connectivity index (χ2v) is 7.62. The van der Waals surface area contributed by atoms with Gasteiger partial charge in [0.25, 0.3) is 0 Å². The Kier molecular flexibility index (Phi) is 7.52. The number of nitrogens with zero attached hydrogens (tertiary/aromatic N) is 1. The van der Waals surface area contributed by atoms with Gasteiger partial charge in [-0.05, 0) is 50.1 Å². The molecule has 7 heteroatoms. The van der Waals surface area contributed by atoms with E-state index in [0.717, 1.165) is 43.0 Å². The number of carboxylic acid groups (broad SMARTS) is 1. The van der Waals surface area contributed by atoms with E-state index in [2.05, 4.69) is 10.2 Å². The number of hydrogen-bond donors (Lipinski definition) is 1. The molecule has 1 unspecified atom stereocenters. The zero-order valence-electron chi connectivity index (χ0n) is 17.4. The first-order valence-corrected chi connectivity index (χ1v) is 10.3.